The topological polar surface area (TPSA) is 90.6 Å². The van der Waals surface area contributed by atoms with Gasteiger partial charge < -0.3 is 14.0 Å². The zero-order valence-electron chi connectivity index (χ0n) is 16.5. The van der Waals surface area contributed by atoms with Crippen LogP contribution in [-0.2, 0) is 11.3 Å². The van der Waals surface area contributed by atoms with Crippen LogP contribution in [0.5, 0.6) is 11.6 Å². The van der Waals surface area contributed by atoms with Gasteiger partial charge in [0.2, 0.25) is 10.7 Å². The van der Waals surface area contributed by atoms with Gasteiger partial charge in [-0.25, -0.2) is 10.4 Å². The van der Waals surface area contributed by atoms with Gasteiger partial charge in [0, 0.05) is 24.3 Å². The summed E-state index contributed by atoms with van der Waals surface area (Å²) in [5.41, 5.74) is 4.64. The van der Waals surface area contributed by atoms with Crippen LogP contribution in [0, 0.1) is 5.92 Å². The van der Waals surface area contributed by atoms with E-state index in [2.05, 4.69) is 38.9 Å². The minimum Gasteiger partial charge on any atom is -0.497 e. The van der Waals surface area contributed by atoms with Crippen LogP contribution in [0.1, 0.15) is 13.8 Å². The molecule has 2 heterocycles. The summed E-state index contributed by atoms with van der Waals surface area (Å²) in [4.78, 5) is 20.6. The summed E-state index contributed by atoms with van der Waals surface area (Å²) in [5.74, 6) is 1.14. The number of nitrogens with one attached hydrogen (secondary N) is 1. The molecule has 0 aliphatic rings. The zero-order valence-corrected chi connectivity index (χ0v) is 17.3. The molecule has 1 N–H and O–H groups in total. The van der Waals surface area contributed by atoms with Crippen molar-refractivity contribution >= 4 is 17.2 Å². The van der Waals surface area contributed by atoms with E-state index in [1.54, 1.807) is 7.11 Å². The standard InChI is InChI=1S/C20H23N5O3S/c1-14(2)11-25-17(15-4-6-16(27-3)7-5-15)13-29-20(25)24-23-18(26)12-28-19-10-21-8-9-22-19/h4-10,13-14H,11-12H2,1-3H3,(H,23,26)/b24-20-. The van der Waals surface area contributed by atoms with Crippen molar-refractivity contribution < 1.29 is 14.3 Å². The van der Waals surface area contributed by atoms with E-state index in [1.165, 1.54) is 29.9 Å². The quantitative estimate of drug-likeness (QED) is 0.574. The lowest BCUT2D eigenvalue weighted by atomic mass is 10.1. The van der Waals surface area contributed by atoms with Gasteiger partial charge in [0.15, 0.2) is 6.61 Å². The monoisotopic (exact) mass is 413 g/mol. The third-order valence-corrected chi connectivity index (χ3v) is 4.76. The zero-order chi connectivity index (χ0) is 20.6. The summed E-state index contributed by atoms with van der Waals surface area (Å²) >= 11 is 1.47. The number of carbonyl (C=O) groups excluding carboxylic acids is 1. The molecule has 29 heavy (non-hydrogen) atoms. The predicted octanol–water partition coefficient (Wildman–Crippen LogP) is 2.68. The van der Waals surface area contributed by atoms with E-state index < -0.39 is 0 Å². The minimum atomic E-state index is -0.369. The molecule has 8 nitrogen and oxygen atoms in total. The van der Waals surface area contributed by atoms with Crippen molar-refractivity contribution in [1.82, 2.24) is 20.0 Å². The first kappa shape index (κ1) is 20.5. The predicted molar refractivity (Wildman–Crippen MR) is 110 cm³/mol. The molecule has 0 fully saturated rings. The van der Waals surface area contributed by atoms with E-state index >= 15 is 0 Å². The number of benzene rings is 1. The molecular formula is C20H23N5O3S. The normalized spacial score (nSPS) is 11.5. The fourth-order valence-electron chi connectivity index (χ4n) is 2.59. The van der Waals surface area contributed by atoms with Crippen molar-refractivity contribution in [3.8, 4) is 22.9 Å². The van der Waals surface area contributed by atoms with Gasteiger partial charge in [0.1, 0.15) is 5.75 Å². The maximum atomic E-state index is 12.1. The highest BCUT2D eigenvalue weighted by Gasteiger charge is 2.11. The number of hydrogen-bond donors (Lipinski definition) is 1. The Morgan fingerprint density at radius 3 is 2.72 bits per heavy atom. The molecular weight excluding hydrogens is 390 g/mol. The Kier molecular flexibility index (Phi) is 6.96. The minimum absolute atomic E-state index is 0.191. The molecule has 0 aliphatic heterocycles. The van der Waals surface area contributed by atoms with Gasteiger partial charge in [-0.3, -0.25) is 9.78 Å². The van der Waals surface area contributed by atoms with Gasteiger partial charge >= 0.3 is 0 Å². The maximum absolute atomic E-state index is 12.1. The molecule has 9 heteroatoms. The van der Waals surface area contributed by atoms with Gasteiger partial charge in [-0.1, -0.05) is 13.8 Å². The van der Waals surface area contributed by atoms with E-state index in [0.717, 1.165) is 23.6 Å². The average Bonchev–Trinajstić information content (AvgIpc) is 3.13. The Morgan fingerprint density at radius 1 is 1.28 bits per heavy atom. The first-order chi connectivity index (χ1) is 14.1. The van der Waals surface area contributed by atoms with Crippen LogP contribution in [0.2, 0.25) is 0 Å². The molecule has 0 unspecified atom stereocenters. The molecule has 1 amide bonds. The van der Waals surface area contributed by atoms with Crippen LogP contribution in [-0.4, -0.2) is 34.2 Å². The lowest BCUT2D eigenvalue weighted by molar-refractivity contribution is -0.123. The summed E-state index contributed by atoms with van der Waals surface area (Å²) in [6.45, 7) is 4.86. The van der Waals surface area contributed by atoms with Crippen molar-refractivity contribution in [1.29, 1.82) is 0 Å². The average molecular weight is 414 g/mol. The van der Waals surface area contributed by atoms with Gasteiger partial charge in [0.25, 0.3) is 5.91 Å². The van der Waals surface area contributed by atoms with Crippen molar-refractivity contribution in [3.63, 3.8) is 0 Å². The summed E-state index contributed by atoms with van der Waals surface area (Å²) in [7, 11) is 1.65. The smallest absolute Gasteiger partial charge is 0.278 e. The first-order valence-corrected chi connectivity index (χ1v) is 9.99. The van der Waals surface area contributed by atoms with Gasteiger partial charge in [-0.15, -0.1) is 16.4 Å². The van der Waals surface area contributed by atoms with Crippen molar-refractivity contribution in [3.05, 3.63) is 53.0 Å². The number of aromatic nitrogens is 3. The maximum Gasteiger partial charge on any atom is 0.278 e. The Morgan fingerprint density at radius 2 is 2.07 bits per heavy atom. The largest absolute Gasteiger partial charge is 0.497 e. The van der Waals surface area contributed by atoms with Crippen molar-refractivity contribution in [2.24, 2.45) is 11.0 Å². The molecule has 3 aromatic rings. The summed E-state index contributed by atoms with van der Waals surface area (Å²) in [6, 6.07) is 7.87. The summed E-state index contributed by atoms with van der Waals surface area (Å²) in [5, 5.41) is 6.33. The number of rotatable bonds is 8. The molecule has 0 saturated carbocycles. The molecule has 0 spiro atoms. The van der Waals surface area contributed by atoms with Crippen LogP contribution in [0.4, 0.5) is 0 Å². The molecule has 0 saturated heterocycles. The van der Waals surface area contributed by atoms with Crippen molar-refractivity contribution in [2.45, 2.75) is 20.4 Å². The molecule has 0 bridgehead atoms. The molecule has 152 valence electrons. The molecule has 1 aromatic carbocycles. The van der Waals surface area contributed by atoms with E-state index in [1.807, 2.05) is 29.6 Å². The molecule has 2 aromatic heterocycles. The SMILES string of the molecule is COc1ccc(-c2cs/c(=N\NC(=O)COc3cnccn3)n2CC(C)C)cc1. The third kappa shape index (κ3) is 5.64. The second kappa shape index (κ2) is 9.83. The van der Waals surface area contributed by atoms with E-state index in [9.17, 15) is 4.79 Å². The summed E-state index contributed by atoms with van der Waals surface area (Å²) in [6.07, 6.45) is 4.48. The van der Waals surface area contributed by atoms with E-state index in [0.29, 0.717) is 10.7 Å². The van der Waals surface area contributed by atoms with Gasteiger partial charge in [-0.2, -0.15) is 0 Å². The Hall–Kier alpha value is -3.20. The first-order valence-electron chi connectivity index (χ1n) is 9.11. The van der Waals surface area contributed by atoms with Crippen LogP contribution in [0.25, 0.3) is 11.3 Å². The number of carbonyl (C=O) groups is 1. The molecule has 0 radical (unpaired) electrons. The highest BCUT2D eigenvalue weighted by molar-refractivity contribution is 7.07. The lowest BCUT2D eigenvalue weighted by Gasteiger charge is -2.12. The number of hydrogen-bond acceptors (Lipinski definition) is 7. The third-order valence-electron chi connectivity index (χ3n) is 3.90. The fraction of sp³-hybridized carbons (Fsp3) is 0.300. The molecule has 3 rings (SSSR count). The van der Waals surface area contributed by atoms with Crippen LogP contribution in [0.15, 0.2) is 53.3 Å². The Labute approximate surface area is 172 Å². The highest BCUT2D eigenvalue weighted by Crippen LogP contribution is 2.23. The van der Waals surface area contributed by atoms with E-state index in [-0.39, 0.29) is 18.4 Å². The van der Waals surface area contributed by atoms with Gasteiger partial charge in [0.05, 0.1) is 19.0 Å². The van der Waals surface area contributed by atoms with Crippen molar-refractivity contribution in [2.75, 3.05) is 13.7 Å². The van der Waals surface area contributed by atoms with E-state index in [4.69, 9.17) is 9.47 Å². The second-order valence-corrected chi connectivity index (χ2v) is 7.45. The van der Waals surface area contributed by atoms with Crippen LogP contribution < -0.4 is 19.7 Å². The summed E-state index contributed by atoms with van der Waals surface area (Å²) < 4.78 is 12.6. The number of amides is 1. The number of thiazole rings is 1. The Balaban J connectivity index is 1.76. The van der Waals surface area contributed by atoms with Gasteiger partial charge in [-0.05, 0) is 35.7 Å². The van der Waals surface area contributed by atoms with Crippen LogP contribution >= 0.6 is 11.3 Å². The molecule has 0 aliphatic carbocycles. The number of methoxy groups -OCH3 is 1. The number of nitrogens with zero attached hydrogens (tertiary/aromatic N) is 4. The Bertz CT molecular complexity index is 997. The molecule has 0 atom stereocenters. The lowest BCUT2D eigenvalue weighted by Crippen LogP contribution is -2.29. The fourth-order valence-corrected chi connectivity index (χ4v) is 3.47. The second-order valence-electron chi connectivity index (χ2n) is 6.62. The highest BCUT2D eigenvalue weighted by atomic mass is 32.1. The van der Waals surface area contributed by atoms with Crippen LogP contribution in [0.3, 0.4) is 0 Å². The number of ether oxygens (including phenoxy) is 2.